The molecular formula is C17H23ClO. The lowest BCUT2D eigenvalue weighted by Gasteiger charge is -2.24. The molecule has 104 valence electrons. The van der Waals surface area contributed by atoms with Crippen LogP contribution in [0.15, 0.2) is 18.2 Å². The highest BCUT2D eigenvalue weighted by Crippen LogP contribution is 2.40. The highest BCUT2D eigenvalue weighted by atomic mass is 35.5. The van der Waals surface area contributed by atoms with Crippen molar-refractivity contribution in [3.8, 4) is 0 Å². The van der Waals surface area contributed by atoms with E-state index in [1.54, 1.807) is 0 Å². The lowest BCUT2D eigenvalue weighted by Crippen LogP contribution is -2.19. The molecule has 1 aromatic carbocycles. The zero-order valence-corrected chi connectivity index (χ0v) is 12.5. The molecule has 3 unspecified atom stereocenters. The van der Waals surface area contributed by atoms with Crippen LogP contribution in [0.2, 0.25) is 0 Å². The maximum absolute atomic E-state index is 6.75. The van der Waals surface area contributed by atoms with Gasteiger partial charge in [-0.15, -0.1) is 11.6 Å². The molecule has 1 saturated heterocycles. The van der Waals surface area contributed by atoms with Crippen LogP contribution in [0.25, 0.3) is 0 Å². The van der Waals surface area contributed by atoms with Gasteiger partial charge >= 0.3 is 0 Å². The second-order valence-electron chi connectivity index (χ2n) is 5.91. The predicted molar refractivity (Wildman–Crippen MR) is 79.8 cm³/mol. The van der Waals surface area contributed by atoms with Gasteiger partial charge in [-0.05, 0) is 55.2 Å². The summed E-state index contributed by atoms with van der Waals surface area (Å²) in [7, 11) is 0. The molecule has 1 aromatic rings. The van der Waals surface area contributed by atoms with Gasteiger partial charge in [-0.3, -0.25) is 0 Å². The van der Waals surface area contributed by atoms with Gasteiger partial charge in [0.15, 0.2) is 0 Å². The molecule has 0 N–H and O–H groups in total. The summed E-state index contributed by atoms with van der Waals surface area (Å²) in [5.74, 6) is 0.480. The number of rotatable bonds is 3. The van der Waals surface area contributed by atoms with Crippen molar-refractivity contribution in [3.05, 3.63) is 34.9 Å². The minimum absolute atomic E-state index is 0.111. The number of benzene rings is 1. The number of alkyl halides is 1. The Morgan fingerprint density at radius 3 is 2.84 bits per heavy atom. The summed E-state index contributed by atoms with van der Waals surface area (Å²) < 4.78 is 5.79. The summed E-state index contributed by atoms with van der Waals surface area (Å²) in [6.07, 6.45) is 7.65. The van der Waals surface area contributed by atoms with Crippen molar-refractivity contribution in [2.45, 2.75) is 56.9 Å². The van der Waals surface area contributed by atoms with E-state index in [4.69, 9.17) is 16.3 Å². The number of hydrogen-bond donors (Lipinski definition) is 0. The van der Waals surface area contributed by atoms with Crippen molar-refractivity contribution in [1.29, 1.82) is 0 Å². The Bertz CT molecular complexity index is 443. The van der Waals surface area contributed by atoms with Crippen LogP contribution in [0, 0.1) is 5.92 Å². The van der Waals surface area contributed by atoms with Crippen molar-refractivity contribution in [1.82, 2.24) is 0 Å². The molecule has 0 saturated carbocycles. The number of fused-ring (bicyclic) bond motifs is 1. The van der Waals surface area contributed by atoms with Crippen LogP contribution < -0.4 is 0 Å². The average Bonchev–Trinajstić information content (AvgIpc) is 2.94. The molecule has 3 rings (SSSR count). The summed E-state index contributed by atoms with van der Waals surface area (Å²) in [6, 6.07) is 6.90. The first kappa shape index (κ1) is 13.5. The van der Waals surface area contributed by atoms with E-state index in [9.17, 15) is 0 Å². The Labute approximate surface area is 121 Å². The second-order valence-corrected chi connectivity index (χ2v) is 6.38. The zero-order valence-electron chi connectivity index (χ0n) is 11.7. The summed E-state index contributed by atoms with van der Waals surface area (Å²) in [6.45, 7) is 3.07. The third-order valence-corrected chi connectivity index (χ3v) is 5.31. The van der Waals surface area contributed by atoms with Gasteiger partial charge in [0, 0.05) is 12.5 Å². The largest absolute Gasteiger partial charge is 0.378 e. The summed E-state index contributed by atoms with van der Waals surface area (Å²) >= 11 is 6.75. The van der Waals surface area contributed by atoms with Gasteiger partial charge in [-0.2, -0.15) is 0 Å². The molecule has 2 heteroatoms. The van der Waals surface area contributed by atoms with E-state index in [-0.39, 0.29) is 5.38 Å². The highest BCUT2D eigenvalue weighted by Gasteiger charge is 2.33. The first-order valence-corrected chi connectivity index (χ1v) is 8.10. The van der Waals surface area contributed by atoms with Gasteiger partial charge in [0.1, 0.15) is 0 Å². The van der Waals surface area contributed by atoms with E-state index in [0.29, 0.717) is 12.0 Å². The fraction of sp³-hybridized carbons (Fsp3) is 0.647. The molecule has 1 fully saturated rings. The van der Waals surface area contributed by atoms with E-state index in [1.165, 1.54) is 42.4 Å². The Kier molecular flexibility index (Phi) is 4.14. The average molecular weight is 279 g/mol. The fourth-order valence-electron chi connectivity index (χ4n) is 3.59. The first-order chi connectivity index (χ1) is 9.29. The van der Waals surface area contributed by atoms with Crippen LogP contribution in [-0.2, 0) is 17.6 Å². The third kappa shape index (κ3) is 2.68. The molecule has 0 amide bonds. The van der Waals surface area contributed by atoms with Crippen LogP contribution in [0.5, 0.6) is 0 Å². The monoisotopic (exact) mass is 278 g/mol. The van der Waals surface area contributed by atoms with Crippen LogP contribution in [-0.4, -0.2) is 12.7 Å². The molecule has 1 nitrogen and oxygen atoms in total. The van der Waals surface area contributed by atoms with Crippen molar-refractivity contribution in [2.24, 2.45) is 5.92 Å². The zero-order chi connectivity index (χ0) is 13.2. The molecule has 0 aromatic heterocycles. The van der Waals surface area contributed by atoms with Gasteiger partial charge in [0.2, 0.25) is 0 Å². The van der Waals surface area contributed by atoms with E-state index in [1.807, 2.05) is 0 Å². The van der Waals surface area contributed by atoms with Crippen LogP contribution >= 0.6 is 11.6 Å². The Balaban J connectivity index is 1.81. The molecule has 19 heavy (non-hydrogen) atoms. The van der Waals surface area contributed by atoms with Gasteiger partial charge in [-0.1, -0.05) is 25.1 Å². The topological polar surface area (TPSA) is 9.23 Å². The summed E-state index contributed by atoms with van der Waals surface area (Å²) in [4.78, 5) is 0. The van der Waals surface area contributed by atoms with Gasteiger partial charge in [0.25, 0.3) is 0 Å². The molecule has 0 bridgehead atoms. The molecule has 0 radical (unpaired) electrons. The fourth-order valence-corrected chi connectivity index (χ4v) is 4.02. The SMILES string of the molecule is CCC1OCCC1C(Cl)c1ccc2c(c1)CCCC2. The standard InChI is InChI=1S/C17H23ClO/c1-2-16-15(9-10-19-16)17(18)14-8-7-12-5-3-4-6-13(12)11-14/h7-8,11,15-17H,2-6,9-10H2,1H3. The van der Waals surface area contributed by atoms with E-state index in [0.717, 1.165) is 19.4 Å². The first-order valence-electron chi connectivity index (χ1n) is 7.67. The minimum Gasteiger partial charge on any atom is -0.378 e. The number of hydrogen-bond acceptors (Lipinski definition) is 1. The van der Waals surface area contributed by atoms with Crippen LogP contribution in [0.4, 0.5) is 0 Å². The van der Waals surface area contributed by atoms with Gasteiger partial charge in [-0.25, -0.2) is 0 Å². The number of halogens is 1. The molecule has 0 spiro atoms. The van der Waals surface area contributed by atoms with Crippen molar-refractivity contribution >= 4 is 11.6 Å². The maximum Gasteiger partial charge on any atom is 0.0639 e. The Morgan fingerprint density at radius 2 is 2.05 bits per heavy atom. The van der Waals surface area contributed by atoms with Gasteiger partial charge < -0.3 is 4.74 Å². The normalized spacial score (nSPS) is 28.1. The molecule has 1 aliphatic heterocycles. The Hall–Kier alpha value is -0.530. The Morgan fingerprint density at radius 1 is 1.26 bits per heavy atom. The molecule has 2 aliphatic rings. The molecular weight excluding hydrogens is 256 g/mol. The van der Waals surface area contributed by atoms with E-state index < -0.39 is 0 Å². The van der Waals surface area contributed by atoms with Crippen LogP contribution in [0.1, 0.15) is 54.7 Å². The number of ether oxygens (including phenoxy) is 1. The lowest BCUT2D eigenvalue weighted by atomic mass is 9.86. The van der Waals surface area contributed by atoms with Crippen molar-refractivity contribution < 1.29 is 4.74 Å². The van der Waals surface area contributed by atoms with Crippen molar-refractivity contribution in [3.63, 3.8) is 0 Å². The predicted octanol–water partition coefficient (Wildman–Crippen LogP) is 4.66. The van der Waals surface area contributed by atoms with E-state index >= 15 is 0 Å². The third-order valence-electron chi connectivity index (χ3n) is 4.73. The number of aryl methyl sites for hydroxylation is 2. The minimum atomic E-state index is 0.111. The summed E-state index contributed by atoms with van der Waals surface area (Å²) in [5, 5.41) is 0.111. The molecule has 3 atom stereocenters. The van der Waals surface area contributed by atoms with Crippen molar-refractivity contribution in [2.75, 3.05) is 6.61 Å². The smallest absolute Gasteiger partial charge is 0.0639 e. The summed E-state index contributed by atoms with van der Waals surface area (Å²) in [5.41, 5.74) is 4.37. The highest BCUT2D eigenvalue weighted by molar-refractivity contribution is 6.21. The molecule has 1 heterocycles. The van der Waals surface area contributed by atoms with Gasteiger partial charge in [0.05, 0.1) is 11.5 Å². The van der Waals surface area contributed by atoms with Crippen LogP contribution in [0.3, 0.4) is 0 Å². The van der Waals surface area contributed by atoms with E-state index in [2.05, 4.69) is 25.1 Å². The quantitative estimate of drug-likeness (QED) is 0.731. The lowest BCUT2D eigenvalue weighted by molar-refractivity contribution is 0.0864. The molecule has 1 aliphatic carbocycles. The second kappa shape index (κ2) is 5.85. The maximum atomic E-state index is 6.75.